The van der Waals surface area contributed by atoms with Gasteiger partial charge in [0.15, 0.2) is 0 Å². The van der Waals surface area contributed by atoms with E-state index in [9.17, 15) is 4.79 Å². The van der Waals surface area contributed by atoms with Gasteiger partial charge >= 0.3 is 0 Å². The molecule has 0 bridgehead atoms. The number of hydrogen-bond acceptors (Lipinski definition) is 3. The highest BCUT2D eigenvalue weighted by Gasteiger charge is 2.23. The molecule has 0 atom stereocenters. The van der Waals surface area contributed by atoms with Crippen molar-refractivity contribution in [1.82, 2.24) is 9.80 Å². The molecule has 3 rings (SSSR count). The second kappa shape index (κ2) is 5.70. The predicted molar refractivity (Wildman–Crippen MR) is 79.1 cm³/mol. The van der Waals surface area contributed by atoms with Gasteiger partial charge in [0, 0.05) is 43.2 Å². The van der Waals surface area contributed by atoms with Crippen LogP contribution in [0.5, 0.6) is 0 Å². The average molecular weight is 274 g/mol. The van der Waals surface area contributed by atoms with E-state index in [0.717, 1.165) is 31.7 Å². The summed E-state index contributed by atoms with van der Waals surface area (Å²) in [6.07, 6.45) is 1.18. The number of amides is 1. The molecule has 0 aliphatic carbocycles. The van der Waals surface area contributed by atoms with Gasteiger partial charge in [-0.1, -0.05) is 18.2 Å². The van der Waals surface area contributed by atoms with Crippen LogP contribution in [0.15, 0.2) is 41.4 Å². The minimum Gasteiger partial charge on any atom is -0.371 e. The lowest BCUT2D eigenvalue weighted by Crippen LogP contribution is -2.48. The van der Waals surface area contributed by atoms with Crippen molar-refractivity contribution in [3.05, 3.63) is 47.0 Å². The fourth-order valence-electron chi connectivity index (χ4n) is 2.57. The van der Waals surface area contributed by atoms with E-state index in [1.165, 1.54) is 17.9 Å². The molecule has 0 saturated carbocycles. The third-order valence-corrected chi connectivity index (χ3v) is 4.57. The maximum atomic E-state index is 12.3. The lowest BCUT2D eigenvalue weighted by Gasteiger charge is -2.36. The Labute approximate surface area is 118 Å². The van der Waals surface area contributed by atoms with Gasteiger partial charge in [-0.25, -0.2) is 0 Å². The number of carbonyl (C=O) groups excluding carboxylic acids is 1. The summed E-state index contributed by atoms with van der Waals surface area (Å²) in [6, 6.07) is 9.57. The van der Waals surface area contributed by atoms with Crippen molar-refractivity contribution in [2.75, 3.05) is 31.9 Å². The Bertz CT molecular complexity index is 478. The van der Waals surface area contributed by atoms with E-state index in [0.29, 0.717) is 0 Å². The smallest absolute Gasteiger partial charge is 0.253 e. The summed E-state index contributed by atoms with van der Waals surface area (Å²) in [7, 11) is 0. The molecule has 1 aromatic rings. The maximum absolute atomic E-state index is 12.3. The van der Waals surface area contributed by atoms with E-state index in [1.807, 2.05) is 47.0 Å². The van der Waals surface area contributed by atoms with Crippen molar-refractivity contribution < 1.29 is 4.79 Å². The summed E-state index contributed by atoms with van der Waals surface area (Å²) in [5, 5.41) is 2.27. The third-order valence-electron chi connectivity index (χ3n) is 3.69. The van der Waals surface area contributed by atoms with Crippen LogP contribution in [0.3, 0.4) is 0 Å². The fraction of sp³-hybridized carbons (Fsp3) is 0.400. The lowest BCUT2D eigenvalue weighted by atomic mass is 10.1. The molecule has 2 aliphatic rings. The summed E-state index contributed by atoms with van der Waals surface area (Å²) in [6.45, 7) is 3.58. The second-order valence-corrected chi connectivity index (χ2v) is 5.85. The number of rotatable bonds is 2. The van der Waals surface area contributed by atoms with Gasteiger partial charge in [-0.05, 0) is 24.0 Å². The average Bonchev–Trinajstić information content (AvgIpc) is 3.02. The summed E-state index contributed by atoms with van der Waals surface area (Å²) < 4.78 is 0. The molecular weight excluding hydrogens is 256 g/mol. The highest BCUT2D eigenvalue weighted by atomic mass is 32.2. The van der Waals surface area contributed by atoms with Gasteiger partial charge in [0.1, 0.15) is 0 Å². The van der Waals surface area contributed by atoms with Crippen LogP contribution in [0.25, 0.3) is 0 Å². The Morgan fingerprint density at radius 3 is 2.42 bits per heavy atom. The van der Waals surface area contributed by atoms with Gasteiger partial charge in [0.2, 0.25) is 0 Å². The van der Waals surface area contributed by atoms with Gasteiger partial charge in [0.05, 0.1) is 0 Å². The zero-order valence-corrected chi connectivity index (χ0v) is 11.7. The van der Waals surface area contributed by atoms with Gasteiger partial charge in [0.25, 0.3) is 5.91 Å². The highest BCUT2D eigenvalue weighted by Crippen LogP contribution is 2.25. The number of nitrogens with zero attached hydrogens (tertiary/aromatic N) is 2. The number of hydrogen-bond donors (Lipinski definition) is 0. The van der Waals surface area contributed by atoms with E-state index < -0.39 is 0 Å². The third kappa shape index (κ3) is 2.78. The quantitative estimate of drug-likeness (QED) is 0.827. The minimum absolute atomic E-state index is 0.162. The van der Waals surface area contributed by atoms with E-state index in [1.54, 1.807) is 0 Å². The van der Waals surface area contributed by atoms with Crippen molar-refractivity contribution in [3.63, 3.8) is 0 Å². The topological polar surface area (TPSA) is 23.6 Å². The molecule has 1 saturated heterocycles. The molecule has 0 aromatic heterocycles. The molecule has 4 heteroatoms. The molecule has 3 nitrogen and oxygen atoms in total. The van der Waals surface area contributed by atoms with Gasteiger partial charge in [-0.2, -0.15) is 0 Å². The Morgan fingerprint density at radius 1 is 1.05 bits per heavy atom. The van der Waals surface area contributed by atoms with Crippen molar-refractivity contribution >= 4 is 17.7 Å². The van der Waals surface area contributed by atoms with Crippen LogP contribution < -0.4 is 0 Å². The van der Waals surface area contributed by atoms with E-state index in [-0.39, 0.29) is 5.91 Å². The Balaban J connectivity index is 1.59. The molecule has 0 spiro atoms. The first-order valence-corrected chi connectivity index (χ1v) is 7.79. The number of benzene rings is 1. The van der Waals surface area contributed by atoms with Crippen LogP contribution >= 0.6 is 11.8 Å². The predicted octanol–water partition coefficient (Wildman–Crippen LogP) is 2.42. The van der Waals surface area contributed by atoms with Gasteiger partial charge in [-0.15, -0.1) is 11.8 Å². The Kier molecular flexibility index (Phi) is 3.78. The molecule has 0 N–H and O–H groups in total. The first-order valence-electron chi connectivity index (χ1n) is 6.74. The summed E-state index contributed by atoms with van der Waals surface area (Å²) in [4.78, 5) is 16.7. The zero-order valence-electron chi connectivity index (χ0n) is 10.9. The summed E-state index contributed by atoms with van der Waals surface area (Å²) in [5.74, 6) is 1.37. The van der Waals surface area contributed by atoms with Crippen LogP contribution in [0, 0.1) is 0 Å². The van der Waals surface area contributed by atoms with E-state index >= 15 is 0 Å². The van der Waals surface area contributed by atoms with Crippen LogP contribution in [-0.4, -0.2) is 47.6 Å². The molecule has 1 fully saturated rings. The first-order chi connectivity index (χ1) is 9.34. The van der Waals surface area contributed by atoms with E-state index in [4.69, 9.17) is 0 Å². The Morgan fingerprint density at radius 2 is 1.79 bits per heavy atom. The molecular formula is C15H18N2OS. The summed E-state index contributed by atoms with van der Waals surface area (Å²) >= 11 is 1.90. The number of carbonyl (C=O) groups is 1. The SMILES string of the molecule is O=C(c1ccccc1)N1CCN(C2=CSCC2)CC1. The number of piperazine rings is 1. The Hall–Kier alpha value is -1.42. The van der Waals surface area contributed by atoms with Crippen LogP contribution in [0.1, 0.15) is 16.8 Å². The largest absolute Gasteiger partial charge is 0.371 e. The fourth-order valence-corrected chi connectivity index (χ4v) is 3.47. The summed E-state index contributed by atoms with van der Waals surface area (Å²) in [5.41, 5.74) is 2.25. The van der Waals surface area contributed by atoms with Crippen molar-refractivity contribution in [2.24, 2.45) is 0 Å². The molecule has 100 valence electrons. The van der Waals surface area contributed by atoms with Crippen molar-refractivity contribution in [1.29, 1.82) is 0 Å². The van der Waals surface area contributed by atoms with Crippen LogP contribution in [0.4, 0.5) is 0 Å². The van der Waals surface area contributed by atoms with Crippen LogP contribution in [-0.2, 0) is 0 Å². The molecule has 1 amide bonds. The first kappa shape index (κ1) is 12.6. The highest BCUT2D eigenvalue weighted by molar-refractivity contribution is 8.02. The number of thioether (sulfide) groups is 1. The minimum atomic E-state index is 0.162. The molecule has 19 heavy (non-hydrogen) atoms. The normalized spacial score (nSPS) is 19.5. The molecule has 2 heterocycles. The second-order valence-electron chi connectivity index (χ2n) is 4.88. The van der Waals surface area contributed by atoms with E-state index in [2.05, 4.69) is 10.3 Å². The van der Waals surface area contributed by atoms with Crippen molar-refractivity contribution in [2.45, 2.75) is 6.42 Å². The lowest BCUT2D eigenvalue weighted by molar-refractivity contribution is 0.0668. The molecule has 0 unspecified atom stereocenters. The standard InChI is InChI=1S/C15H18N2OS/c18-15(13-4-2-1-3-5-13)17-9-7-16(8-10-17)14-6-11-19-12-14/h1-5,12H,6-11H2. The van der Waals surface area contributed by atoms with Crippen molar-refractivity contribution in [3.8, 4) is 0 Å². The van der Waals surface area contributed by atoms with Gasteiger partial charge < -0.3 is 9.80 Å². The number of allylic oxidation sites excluding steroid dienone is 1. The zero-order chi connectivity index (χ0) is 13.1. The molecule has 2 aliphatic heterocycles. The maximum Gasteiger partial charge on any atom is 0.253 e. The molecule has 1 aromatic carbocycles. The van der Waals surface area contributed by atoms with Gasteiger partial charge in [-0.3, -0.25) is 4.79 Å². The monoisotopic (exact) mass is 274 g/mol. The van der Waals surface area contributed by atoms with Crippen LogP contribution in [0.2, 0.25) is 0 Å². The molecule has 0 radical (unpaired) electrons.